The number of carbonyl (C=O) groups excluding carboxylic acids is 2. The van der Waals surface area contributed by atoms with Crippen LogP contribution in [0.3, 0.4) is 0 Å². The molecule has 0 saturated heterocycles. The number of hydrogen-bond acceptors (Lipinski definition) is 11. The summed E-state index contributed by atoms with van der Waals surface area (Å²) in [5.74, 6) is -0.0599. The molecule has 6 heterocycles. The van der Waals surface area contributed by atoms with Crippen LogP contribution >= 0.6 is 0 Å². The lowest BCUT2D eigenvalue weighted by molar-refractivity contribution is -0.137. The van der Waals surface area contributed by atoms with Crippen LogP contribution in [0.5, 0.6) is 0 Å². The Hall–Kier alpha value is -16.5. The van der Waals surface area contributed by atoms with Gasteiger partial charge in [-0.05, 0) is 362 Å². The van der Waals surface area contributed by atoms with Gasteiger partial charge in [-0.1, -0.05) is 248 Å². The number of carbonyl (C=O) groups is 2. The molecule has 3 atom stereocenters. The van der Waals surface area contributed by atoms with E-state index in [0.717, 1.165) is 138 Å². The number of aliphatic hydroxyl groups excluding tert-OH is 3. The summed E-state index contributed by atoms with van der Waals surface area (Å²) in [5.41, 5.74) is 22.8. The largest absolute Gasteiger partial charge is 0.416 e. The third kappa shape index (κ3) is 21.1. The fourth-order valence-electron chi connectivity index (χ4n) is 19.0. The Balaban J connectivity index is 0.000000114. The number of halogens is 3. The van der Waals surface area contributed by atoms with E-state index in [1.165, 1.54) is 88.1 Å². The van der Waals surface area contributed by atoms with Gasteiger partial charge in [0.15, 0.2) is 0 Å². The summed E-state index contributed by atoms with van der Waals surface area (Å²) in [4.78, 5) is 52.9. The molecule has 0 radical (unpaired) electrons. The van der Waals surface area contributed by atoms with Crippen LogP contribution in [0.15, 0.2) is 377 Å². The first-order valence-corrected chi connectivity index (χ1v) is 48.3. The summed E-state index contributed by atoms with van der Waals surface area (Å²) in [7, 11) is 0. The molecule has 710 valence electrons. The Morgan fingerprint density at radius 3 is 1.09 bits per heavy atom. The van der Waals surface area contributed by atoms with Gasteiger partial charge in [0, 0.05) is 87.0 Å². The number of aromatic nitrogens is 6. The second-order valence-electron chi connectivity index (χ2n) is 37.7. The van der Waals surface area contributed by atoms with Crippen molar-refractivity contribution in [1.29, 1.82) is 0 Å². The maximum Gasteiger partial charge on any atom is 0.416 e. The summed E-state index contributed by atoms with van der Waals surface area (Å²) < 4.78 is 39.2. The van der Waals surface area contributed by atoms with Crippen molar-refractivity contribution in [3.63, 3.8) is 0 Å². The number of aryl methyl sites for hydroxylation is 13. The summed E-state index contributed by atoms with van der Waals surface area (Å²) in [6, 6.07) is 112. The van der Waals surface area contributed by atoms with Crippen LogP contribution in [-0.2, 0) is 12.6 Å². The lowest BCUT2D eigenvalue weighted by Crippen LogP contribution is -2.09. The average Bonchev–Trinajstić information content (AvgIpc) is 0.780. The minimum atomic E-state index is -4.46. The predicted octanol–water partition coefficient (Wildman–Crippen LogP) is 31.5. The molecule has 0 aliphatic carbocycles. The highest BCUT2D eigenvalue weighted by atomic mass is 19.4. The molecule has 0 saturated carbocycles. The second-order valence-corrected chi connectivity index (χ2v) is 37.7. The first-order chi connectivity index (χ1) is 69.4. The maximum atomic E-state index is 13.2. The van der Waals surface area contributed by atoms with Crippen molar-refractivity contribution < 1.29 is 38.1 Å². The van der Waals surface area contributed by atoms with E-state index < -0.39 is 30.1 Å². The molecule has 0 amide bonds. The van der Waals surface area contributed by atoms with Crippen LogP contribution < -0.4 is 0 Å². The van der Waals surface area contributed by atoms with Crippen molar-refractivity contribution in [2.75, 3.05) is 0 Å². The maximum absolute atomic E-state index is 13.2. The molecule has 0 spiro atoms. The molecule has 0 aliphatic rings. The third-order valence-electron chi connectivity index (χ3n) is 27.8. The molecule has 0 bridgehead atoms. The van der Waals surface area contributed by atoms with E-state index in [-0.39, 0.29) is 17.1 Å². The molecule has 3 N–H and O–H groups in total. The van der Waals surface area contributed by atoms with E-state index in [4.69, 9.17) is 0 Å². The fraction of sp³-hybridized carbons (Fsp3) is 0.138. The van der Waals surface area contributed by atoms with Crippen LogP contribution in [0.4, 0.5) is 13.2 Å². The van der Waals surface area contributed by atoms with Crippen molar-refractivity contribution in [3.05, 3.63) is 522 Å². The molecule has 0 aliphatic heterocycles. The van der Waals surface area contributed by atoms with Gasteiger partial charge in [0.25, 0.3) is 0 Å². The van der Waals surface area contributed by atoms with Crippen LogP contribution in [0, 0.1) is 90.0 Å². The predicted molar refractivity (Wildman–Crippen MR) is 585 cm³/mol. The molecule has 144 heavy (non-hydrogen) atoms. The van der Waals surface area contributed by atoms with E-state index in [1.807, 2.05) is 196 Å². The zero-order chi connectivity index (χ0) is 101. The highest BCUT2D eigenvalue weighted by molar-refractivity contribution is 6.20. The first kappa shape index (κ1) is 97.7. The number of fused-ring (bicyclic) bond motifs is 11. The normalized spacial score (nSPS) is 12.0. The minimum absolute atomic E-state index is 0.0272. The standard InChI is InChI=1S/C22H19NO.C22H17NO.C22H19NO.C22H17NO.C22H19N.C20H18F3NO/c2*1-14-12-17-10-11-23-21(20(17)13-15(14)2)22(24)19-9-5-7-16-6-3-4-8-18(16)19;2*1-14-11-18-9-10-23-21(20(18)12-15(14)2)22(24)19-8-7-16-5-3-4-6-17(16)13-19;1-15-11-20-9-10-23-22(21(20)12-16(15)2)14-17-7-8-18-5-3-4-6-19(18)13-17;1-11-6-15(10-16(7-11)20(21,22)23)19(25)18-17-9-13(3)12(2)8-14(17)4-5-24-18/h3-13,22,24H,1-2H3;3-13H,1-2H3;3-13,22,24H,1-2H3;3-13H,1-2H3;3-13H,14H2,1-2H3;4-10,19,25H,1-3H3. The average molecular weight is 1890 g/mol. The van der Waals surface area contributed by atoms with Gasteiger partial charge in [-0.25, -0.2) is 0 Å². The van der Waals surface area contributed by atoms with Crippen LogP contribution in [-0.4, -0.2) is 56.8 Å². The number of ketones is 2. The highest BCUT2D eigenvalue weighted by Crippen LogP contribution is 2.40. The topological polar surface area (TPSA) is 172 Å². The second kappa shape index (κ2) is 42.1. The molecule has 6 aromatic heterocycles. The molecule has 14 heteroatoms. The van der Waals surface area contributed by atoms with Crippen molar-refractivity contribution >= 4 is 130 Å². The summed E-state index contributed by atoms with van der Waals surface area (Å²) >= 11 is 0. The smallest absolute Gasteiger partial charge is 0.382 e. The molecule has 23 aromatic rings. The Kier molecular flexibility index (Phi) is 28.6. The molecular weight excluding hydrogens is 1780 g/mol. The van der Waals surface area contributed by atoms with E-state index in [1.54, 1.807) is 44.0 Å². The Labute approximate surface area is 835 Å². The van der Waals surface area contributed by atoms with Gasteiger partial charge >= 0.3 is 6.18 Å². The van der Waals surface area contributed by atoms with Gasteiger partial charge in [0.2, 0.25) is 11.6 Å². The summed E-state index contributed by atoms with van der Waals surface area (Å²) in [6.07, 6.45) is 4.17. The van der Waals surface area contributed by atoms with E-state index >= 15 is 0 Å². The summed E-state index contributed by atoms with van der Waals surface area (Å²) in [6.45, 7) is 26.5. The van der Waals surface area contributed by atoms with Gasteiger partial charge in [-0.2, -0.15) is 13.2 Å². The highest BCUT2D eigenvalue weighted by Gasteiger charge is 2.33. The first-order valence-electron chi connectivity index (χ1n) is 48.3. The van der Waals surface area contributed by atoms with E-state index in [2.05, 4.69) is 245 Å². The number of aliphatic hydroxyl groups is 3. The van der Waals surface area contributed by atoms with Crippen molar-refractivity contribution in [1.82, 2.24) is 29.9 Å². The monoisotopic (exact) mass is 1890 g/mol. The molecular formula is C130H109F3N6O5. The van der Waals surface area contributed by atoms with Gasteiger partial charge in [0.05, 0.1) is 28.3 Å². The fourth-order valence-corrected chi connectivity index (χ4v) is 19.0. The van der Waals surface area contributed by atoms with Crippen LogP contribution in [0.25, 0.3) is 118 Å². The van der Waals surface area contributed by atoms with Crippen molar-refractivity contribution in [3.8, 4) is 0 Å². The van der Waals surface area contributed by atoms with Crippen molar-refractivity contribution in [2.45, 2.75) is 121 Å². The van der Waals surface area contributed by atoms with E-state index in [9.17, 15) is 38.1 Å². The number of pyridine rings is 6. The number of nitrogens with zero attached hydrogens (tertiary/aromatic N) is 6. The Morgan fingerprint density at radius 1 is 0.257 bits per heavy atom. The third-order valence-corrected chi connectivity index (χ3v) is 27.8. The van der Waals surface area contributed by atoms with Crippen molar-refractivity contribution in [2.24, 2.45) is 0 Å². The lowest BCUT2D eigenvalue weighted by Gasteiger charge is -2.17. The van der Waals surface area contributed by atoms with E-state index in [0.29, 0.717) is 45.2 Å². The zero-order valence-electron chi connectivity index (χ0n) is 82.7. The number of rotatable bonds is 12. The van der Waals surface area contributed by atoms with Crippen LogP contribution in [0.1, 0.15) is 173 Å². The molecule has 11 nitrogen and oxygen atoms in total. The SMILES string of the molecule is Cc1cc(C(O)c2nccc3cc(C)c(C)cc23)cc(C(F)(F)F)c1.Cc1cc2ccnc(C(=O)c3ccc4ccccc4c3)c2cc1C.Cc1cc2ccnc(C(=O)c3cccc4ccccc34)c2cc1C.Cc1cc2ccnc(C(O)c3ccc4ccccc4c3)c2cc1C.Cc1cc2ccnc(C(O)c3cccc4ccccc34)c2cc1C.Cc1cc2ccnc(Cc3ccc4ccccc4c3)c2cc1C. The lowest BCUT2D eigenvalue weighted by atomic mass is 9.94. The number of hydrogen-bond donors (Lipinski definition) is 3. The summed E-state index contributed by atoms with van der Waals surface area (Å²) in [5, 5.41) is 56.4. The molecule has 3 unspecified atom stereocenters. The minimum Gasteiger partial charge on any atom is -0.382 e. The van der Waals surface area contributed by atoms with Gasteiger partial charge in [0.1, 0.15) is 29.7 Å². The van der Waals surface area contributed by atoms with Gasteiger partial charge in [-0.3, -0.25) is 39.5 Å². The zero-order valence-corrected chi connectivity index (χ0v) is 82.7. The molecule has 23 rings (SSSR count). The quantitative estimate of drug-likeness (QED) is 0.0994. The Bertz CT molecular complexity index is 8900. The number of alkyl halides is 3. The molecule has 17 aromatic carbocycles. The van der Waals surface area contributed by atoms with Gasteiger partial charge < -0.3 is 15.3 Å². The number of benzene rings is 17. The van der Waals surface area contributed by atoms with Gasteiger partial charge in [-0.15, -0.1) is 0 Å². The van der Waals surface area contributed by atoms with Crippen LogP contribution in [0.2, 0.25) is 0 Å². The molecule has 0 fully saturated rings. The Morgan fingerprint density at radius 2 is 0.604 bits per heavy atom.